The van der Waals surface area contributed by atoms with Crippen molar-refractivity contribution in [2.24, 2.45) is 5.92 Å². The van der Waals surface area contributed by atoms with E-state index in [1.807, 2.05) is 0 Å². The summed E-state index contributed by atoms with van der Waals surface area (Å²) in [7, 11) is 0. The molecular formula is C7H15NO. The van der Waals surface area contributed by atoms with Crippen LogP contribution >= 0.6 is 0 Å². The molecule has 54 valence electrons. The molecule has 2 N–H and O–H groups in total. The fourth-order valence-electron chi connectivity index (χ4n) is 1.48. The van der Waals surface area contributed by atoms with Crippen LogP contribution in [0, 0.1) is 5.92 Å². The standard InChI is InChI=1S/C7H15NO/c9-6-8-5-7-3-1-2-4-7/h7-9H,1-6H2. The van der Waals surface area contributed by atoms with Crippen LogP contribution < -0.4 is 5.32 Å². The zero-order valence-electron chi connectivity index (χ0n) is 5.77. The second-order valence-electron chi connectivity index (χ2n) is 2.76. The van der Waals surface area contributed by atoms with E-state index >= 15 is 0 Å². The molecule has 0 amide bonds. The minimum absolute atomic E-state index is 0.135. The van der Waals surface area contributed by atoms with Gasteiger partial charge in [0, 0.05) is 6.54 Å². The van der Waals surface area contributed by atoms with Gasteiger partial charge in [-0.25, -0.2) is 0 Å². The zero-order chi connectivity index (χ0) is 6.53. The molecule has 1 aliphatic carbocycles. The minimum Gasteiger partial charge on any atom is -0.381 e. The zero-order valence-corrected chi connectivity index (χ0v) is 5.77. The quantitative estimate of drug-likeness (QED) is 0.550. The summed E-state index contributed by atoms with van der Waals surface area (Å²) >= 11 is 0. The van der Waals surface area contributed by atoms with Crippen molar-refractivity contribution in [1.29, 1.82) is 0 Å². The lowest BCUT2D eigenvalue weighted by atomic mass is 10.1. The molecule has 0 saturated heterocycles. The number of aliphatic hydroxyl groups is 1. The molecular weight excluding hydrogens is 114 g/mol. The number of hydrogen-bond donors (Lipinski definition) is 2. The predicted molar refractivity (Wildman–Crippen MR) is 37.0 cm³/mol. The first-order chi connectivity index (χ1) is 4.43. The van der Waals surface area contributed by atoms with Gasteiger partial charge in [0.1, 0.15) is 0 Å². The Balaban J connectivity index is 1.98. The van der Waals surface area contributed by atoms with E-state index in [9.17, 15) is 0 Å². The summed E-state index contributed by atoms with van der Waals surface area (Å²) in [5, 5.41) is 11.4. The van der Waals surface area contributed by atoms with Gasteiger partial charge in [-0.05, 0) is 18.8 Å². The van der Waals surface area contributed by atoms with Crippen LogP contribution in [0.15, 0.2) is 0 Å². The van der Waals surface area contributed by atoms with Gasteiger partial charge in [-0.3, -0.25) is 5.32 Å². The van der Waals surface area contributed by atoms with E-state index in [-0.39, 0.29) is 6.73 Å². The molecule has 0 aromatic rings. The Bertz CT molecular complexity index is 69.3. The van der Waals surface area contributed by atoms with Gasteiger partial charge < -0.3 is 5.11 Å². The van der Waals surface area contributed by atoms with Crippen LogP contribution in [0.5, 0.6) is 0 Å². The lowest BCUT2D eigenvalue weighted by molar-refractivity contribution is 0.250. The maximum atomic E-state index is 8.42. The number of rotatable bonds is 3. The number of aliphatic hydroxyl groups excluding tert-OH is 1. The summed E-state index contributed by atoms with van der Waals surface area (Å²) in [6.07, 6.45) is 5.48. The highest BCUT2D eigenvalue weighted by atomic mass is 16.3. The Morgan fingerprint density at radius 3 is 2.56 bits per heavy atom. The second kappa shape index (κ2) is 3.85. The molecule has 0 unspecified atom stereocenters. The highest BCUT2D eigenvalue weighted by molar-refractivity contribution is 4.68. The van der Waals surface area contributed by atoms with E-state index in [2.05, 4.69) is 5.32 Å². The van der Waals surface area contributed by atoms with Gasteiger partial charge >= 0.3 is 0 Å². The van der Waals surface area contributed by atoms with Crippen LogP contribution in [0.25, 0.3) is 0 Å². The molecule has 9 heavy (non-hydrogen) atoms. The predicted octanol–water partition coefficient (Wildman–Crippen LogP) is 0.716. The largest absolute Gasteiger partial charge is 0.381 e. The van der Waals surface area contributed by atoms with Crippen molar-refractivity contribution in [2.75, 3.05) is 13.3 Å². The molecule has 0 bridgehead atoms. The molecule has 1 aliphatic rings. The van der Waals surface area contributed by atoms with Gasteiger partial charge in [0.25, 0.3) is 0 Å². The molecule has 2 heteroatoms. The van der Waals surface area contributed by atoms with E-state index < -0.39 is 0 Å². The summed E-state index contributed by atoms with van der Waals surface area (Å²) in [4.78, 5) is 0. The smallest absolute Gasteiger partial charge is 0.0931 e. The molecule has 1 fully saturated rings. The van der Waals surface area contributed by atoms with Gasteiger partial charge in [0.2, 0.25) is 0 Å². The van der Waals surface area contributed by atoms with Crippen molar-refractivity contribution in [3.63, 3.8) is 0 Å². The van der Waals surface area contributed by atoms with Crippen molar-refractivity contribution >= 4 is 0 Å². The summed E-state index contributed by atoms with van der Waals surface area (Å²) in [5.74, 6) is 0.845. The van der Waals surface area contributed by atoms with Crippen molar-refractivity contribution in [2.45, 2.75) is 25.7 Å². The molecule has 0 spiro atoms. The van der Waals surface area contributed by atoms with Crippen LogP contribution in [0.4, 0.5) is 0 Å². The normalized spacial score (nSPS) is 21.0. The number of nitrogens with one attached hydrogen (secondary N) is 1. The van der Waals surface area contributed by atoms with Crippen molar-refractivity contribution in [1.82, 2.24) is 5.32 Å². The van der Waals surface area contributed by atoms with Crippen molar-refractivity contribution in [3.8, 4) is 0 Å². The summed E-state index contributed by atoms with van der Waals surface area (Å²) in [5.41, 5.74) is 0. The highest BCUT2D eigenvalue weighted by Gasteiger charge is 2.13. The Morgan fingerprint density at radius 2 is 2.00 bits per heavy atom. The van der Waals surface area contributed by atoms with Gasteiger partial charge in [0.05, 0.1) is 6.73 Å². The maximum absolute atomic E-state index is 8.42. The molecule has 0 atom stereocenters. The topological polar surface area (TPSA) is 32.3 Å². The first-order valence-corrected chi connectivity index (χ1v) is 3.75. The fraction of sp³-hybridized carbons (Fsp3) is 1.00. The average molecular weight is 129 g/mol. The molecule has 0 radical (unpaired) electrons. The van der Waals surface area contributed by atoms with Gasteiger partial charge in [0.15, 0.2) is 0 Å². The Hall–Kier alpha value is -0.0800. The van der Waals surface area contributed by atoms with Gasteiger partial charge in [-0.2, -0.15) is 0 Å². The summed E-state index contributed by atoms with van der Waals surface area (Å²) in [6, 6.07) is 0. The van der Waals surface area contributed by atoms with Crippen LogP contribution in [0.3, 0.4) is 0 Å². The molecule has 0 heterocycles. The maximum Gasteiger partial charge on any atom is 0.0931 e. The fourth-order valence-corrected chi connectivity index (χ4v) is 1.48. The lowest BCUT2D eigenvalue weighted by Gasteiger charge is -2.06. The molecule has 2 nitrogen and oxygen atoms in total. The Morgan fingerprint density at radius 1 is 1.33 bits per heavy atom. The van der Waals surface area contributed by atoms with Crippen LogP contribution in [0.2, 0.25) is 0 Å². The van der Waals surface area contributed by atoms with Crippen LogP contribution in [-0.2, 0) is 0 Å². The molecule has 1 rings (SSSR count). The third-order valence-electron chi connectivity index (χ3n) is 2.02. The van der Waals surface area contributed by atoms with Gasteiger partial charge in [-0.15, -0.1) is 0 Å². The molecule has 0 aromatic heterocycles. The van der Waals surface area contributed by atoms with Crippen LogP contribution in [-0.4, -0.2) is 18.4 Å². The van der Waals surface area contributed by atoms with E-state index in [1.54, 1.807) is 0 Å². The average Bonchev–Trinajstić information content (AvgIpc) is 2.34. The number of hydrogen-bond acceptors (Lipinski definition) is 2. The molecule has 0 aliphatic heterocycles. The van der Waals surface area contributed by atoms with Crippen molar-refractivity contribution < 1.29 is 5.11 Å². The SMILES string of the molecule is OCNCC1CCCC1. The van der Waals surface area contributed by atoms with Gasteiger partial charge in [-0.1, -0.05) is 12.8 Å². The minimum atomic E-state index is 0.135. The van der Waals surface area contributed by atoms with Crippen molar-refractivity contribution in [3.05, 3.63) is 0 Å². The highest BCUT2D eigenvalue weighted by Crippen LogP contribution is 2.23. The second-order valence-corrected chi connectivity index (χ2v) is 2.76. The third-order valence-corrected chi connectivity index (χ3v) is 2.02. The third kappa shape index (κ3) is 2.33. The monoisotopic (exact) mass is 129 g/mol. The first kappa shape index (κ1) is 7.03. The van der Waals surface area contributed by atoms with Crippen LogP contribution in [0.1, 0.15) is 25.7 Å². The lowest BCUT2D eigenvalue weighted by Crippen LogP contribution is -2.21. The first-order valence-electron chi connectivity index (χ1n) is 3.75. The summed E-state index contributed by atoms with van der Waals surface area (Å²) in [6.45, 7) is 1.15. The Kier molecular flexibility index (Phi) is 3.01. The molecule has 0 aromatic carbocycles. The van der Waals surface area contributed by atoms with E-state index in [0.717, 1.165) is 12.5 Å². The molecule has 1 saturated carbocycles. The van der Waals surface area contributed by atoms with E-state index in [4.69, 9.17) is 5.11 Å². The van der Waals surface area contributed by atoms with E-state index in [0.29, 0.717) is 0 Å². The Labute approximate surface area is 56.3 Å². The van der Waals surface area contributed by atoms with E-state index in [1.165, 1.54) is 25.7 Å². The summed E-state index contributed by atoms with van der Waals surface area (Å²) < 4.78 is 0.